The van der Waals surface area contributed by atoms with Crippen molar-refractivity contribution in [1.29, 1.82) is 0 Å². The minimum absolute atomic E-state index is 0.203. The Hall–Kier alpha value is -3.46. The normalized spacial score (nSPS) is 13.1. The molecule has 3 aromatic rings. The van der Waals surface area contributed by atoms with Gasteiger partial charge in [-0.05, 0) is 36.6 Å². The number of hydrogen-bond donors (Lipinski definition) is 2. The van der Waals surface area contributed by atoms with E-state index in [9.17, 15) is 4.79 Å². The van der Waals surface area contributed by atoms with E-state index in [2.05, 4.69) is 37.1 Å². The van der Waals surface area contributed by atoms with Crippen LogP contribution < -0.4 is 20.3 Å². The van der Waals surface area contributed by atoms with E-state index in [-0.39, 0.29) is 12.5 Å². The number of anilines is 2. The molecule has 2 N–H and O–H groups in total. The highest BCUT2D eigenvalue weighted by atomic mass is 35.5. The van der Waals surface area contributed by atoms with Gasteiger partial charge in [-0.3, -0.25) is 4.79 Å². The van der Waals surface area contributed by atoms with E-state index < -0.39 is 0 Å². The molecule has 2 aromatic heterocycles. The number of hydrogen-bond acceptors (Lipinski definition) is 8. The molecule has 1 amide bonds. The molecule has 0 atom stereocenters. The molecule has 1 saturated heterocycles. The van der Waals surface area contributed by atoms with Gasteiger partial charge in [0.1, 0.15) is 23.0 Å². The highest BCUT2D eigenvalue weighted by molar-refractivity contribution is 6.32. The van der Waals surface area contributed by atoms with Gasteiger partial charge in [-0.25, -0.2) is 15.0 Å². The Morgan fingerprint density at radius 1 is 1.22 bits per heavy atom. The number of methoxy groups -OCH3 is 1. The van der Waals surface area contributed by atoms with E-state index in [0.29, 0.717) is 40.5 Å². The van der Waals surface area contributed by atoms with E-state index in [0.717, 1.165) is 24.9 Å². The van der Waals surface area contributed by atoms with Crippen LogP contribution in [0.2, 0.25) is 5.02 Å². The van der Waals surface area contributed by atoms with Crippen molar-refractivity contribution in [3.05, 3.63) is 71.4 Å². The fourth-order valence-electron chi connectivity index (χ4n) is 3.27. The zero-order valence-electron chi connectivity index (χ0n) is 17.6. The Morgan fingerprint density at radius 2 is 2.06 bits per heavy atom. The zero-order valence-corrected chi connectivity index (χ0v) is 18.3. The van der Waals surface area contributed by atoms with Crippen LogP contribution in [0.3, 0.4) is 0 Å². The van der Waals surface area contributed by atoms with E-state index in [1.165, 1.54) is 0 Å². The van der Waals surface area contributed by atoms with Gasteiger partial charge < -0.3 is 20.3 Å². The standard InChI is InChI=1S/C22H23ClN7O2/c1-32-18-6-5-15(11-17(18)23)12-26-20-16(13-28-22(29-20)30-9-2-3-10-30)21(31)27-14-19-24-7-4-8-25-19/h4-9,11,13H,2-3,10,12,14H2,1H3,(H,27,31)(H,26,28,29). The zero-order chi connectivity index (χ0) is 22.3. The quantitative estimate of drug-likeness (QED) is 0.536. The number of amides is 1. The molecule has 0 unspecified atom stereocenters. The second-order valence-corrected chi connectivity index (χ2v) is 7.53. The second kappa shape index (κ2) is 10.2. The third-order valence-electron chi connectivity index (χ3n) is 4.93. The number of benzene rings is 1. The van der Waals surface area contributed by atoms with Gasteiger partial charge in [-0.2, -0.15) is 4.98 Å². The molecule has 165 valence electrons. The van der Waals surface area contributed by atoms with Gasteiger partial charge in [0, 0.05) is 31.7 Å². The first kappa shape index (κ1) is 21.8. The molecule has 0 aliphatic carbocycles. The largest absolute Gasteiger partial charge is 0.495 e. The Morgan fingerprint density at radius 3 is 2.78 bits per heavy atom. The van der Waals surface area contributed by atoms with Crippen LogP contribution in [0.5, 0.6) is 5.75 Å². The molecule has 10 heteroatoms. The Kier molecular flexibility index (Phi) is 6.96. The van der Waals surface area contributed by atoms with Crippen molar-refractivity contribution in [2.75, 3.05) is 23.9 Å². The first-order valence-electron chi connectivity index (χ1n) is 10.2. The summed E-state index contributed by atoms with van der Waals surface area (Å²) in [7, 11) is 1.57. The predicted molar refractivity (Wildman–Crippen MR) is 121 cm³/mol. The van der Waals surface area contributed by atoms with Gasteiger partial charge in [0.25, 0.3) is 5.91 Å². The summed E-state index contributed by atoms with van der Waals surface area (Å²) in [5, 5.41) is 6.59. The van der Waals surface area contributed by atoms with E-state index in [4.69, 9.17) is 16.3 Å². The van der Waals surface area contributed by atoms with Gasteiger partial charge in [-0.15, -0.1) is 0 Å². The average Bonchev–Trinajstić information content (AvgIpc) is 3.37. The van der Waals surface area contributed by atoms with E-state index in [1.54, 1.807) is 37.8 Å². The van der Waals surface area contributed by atoms with Gasteiger partial charge in [-0.1, -0.05) is 17.7 Å². The lowest BCUT2D eigenvalue weighted by molar-refractivity contribution is 0.0950. The van der Waals surface area contributed by atoms with Crippen molar-refractivity contribution in [1.82, 2.24) is 25.3 Å². The van der Waals surface area contributed by atoms with Crippen molar-refractivity contribution < 1.29 is 9.53 Å². The summed E-state index contributed by atoms with van der Waals surface area (Å²) in [5.41, 5.74) is 1.26. The molecule has 1 fully saturated rings. The smallest absolute Gasteiger partial charge is 0.256 e. The van der Waals surface area contributed by atoms with Crippen LogP contribution in [-0.2, 0) is 13.1 Å². The van der Waals surface area contributed by atoms with E-state index in [1.807, 2.05) is 17.0 Å². The van der Waals surface area contributed by atoms with Crippen LogP contribution in [0, 0.1) is 6.54 Å². The molecule has 32 heavy (non-hydrogen) atoms. The average molecular weight is 453 g/mol. The maximum absolute atomic E-state index is 12.9. The Bertz CT molecular complexity index is 1080. The highest BCUT2D eigenvalue weighted by Gasteiger charge is 2.20. The third kappa shape index (κ3) is 5.23. The fourth-order valence-corrected chi connectivity index (χ4v) is 3.56. The topological polar surface area (TPSA) is 105 Å². The van der Waals surface area contributed by atoms with Gasteiger partial charge in [0.05, 0.1) is 25.2 Å². The molecule has 0 spiro atoms. The minimum Gasteiger partial charge on any atom is -0.495 e. The molecular weight excluding hydrogens is 430 g/mol. The van der Waals surface area contributed by atoms with Crippen molar-refractivity contribution in [3.63, 3.8) is 0 Å². The molecule has 0 saturated carbocycles. The van der Waals surface area contributed by atoms with Crippen LogP contribution in [0.25, 0.3) is 0 Å². The maximum atomic E-state index is 12.9. The van der Waals surface area contributed by atoms with Crippen molar-refractivity contribution in [2.24, 2.45) is 0 Å². The first-order valence-corrected chi connectivity index (χ1v) is 10.6. The maximum Gasteiger partial charge on any atom is 0.256 e. The highest BCUT2D eigenvalue weighted by Crippen LogP contribution is 2.26. The van der Waals surface area contributed by atoms with Gasteiger partial charge in [0.2, 0.25) is 5.95 Å². The third-order valence-corrected chi connectivity index (χ3v) is 5.23. The summed E-state index contributed by atoms with van der Waals surface area (Å²) in [5.74, 6) is 1.80. The summed E-state index contributed by atoms with van der Waals surface area (Å²) in [6.07, 6.45) is 6.84. The Balaban J connectivity index is 1.53. The summed E-state index contributed by atoms with van der Waals surface area (Å²) in [6, 6.07) is 7.24. The predicted octanol–water partition coefficient (Wildman–Crippen LogP) is 3.23. The molecule has 1 radical (unpaired) electrons. The molecule has 4 rings (SSSR count). The molecule has 1 aliphatic rings. The summed E-state index contributed by atoms with van der Waals surface area (Å²) >= 11 is 6.24. The molecule has 1 aliphatic heterocycles. The monoisotopic (exact) mass is 452 g/mol. The number of carbonyl (C=O) groups excluding carboxylic acids is 1. The van der Waals surface area contributed by atoms with Crippen molar-refractivity contribution in [3.8, 4) is 5.75 Å². The lowest BCUT2D eigenvalue weighted by Crippen LogP contribution is -2.26. The summed E-state index contributed by atoms with van der Waals surface area (Å²) < 4.78 is 5.20. The number of nitrogens with one attached hydrogen (secondary N) is 2. The molecule has 9 nitrogen and oxygen atoms in total. The summed E-state index contributed by atoms with van der Waals surface area (Å²) in [4.78, 5) is 32.1. The number of carbonyl (C=O) groups is 1. The number of aromatic nitrogens is 4. The van der Waals surface area contributed by atoms with Crippen LogP contribution in [0.1, 0.15) is 34.6 Å². The van der Waals surface area contributed by atoms with Gasteiger partial charge in [0.15, 0.2) is 0 Å². The molecule has 0 bridgehead atoms. The first-order chi connectivity index (χ1) is 15.6. The number of nitrogens with zero attached hydrogens (tertiary/aromatic N) is 5. The number of rotatable bonds is 8. The van der Waals surface area contributed by atoms with Gasteiger partial charge >= 0.3 is 0 Å². The minimum atomic E-state index is -0.315. The van der Waals surface area contributed by atoms with Crippen LogP contribution in [0.4, 0.5) is 11.8 Å². The second-order valence-electron chi connectivity index (χ2n) is 7.12. The SMILES string of the molecule is COc1ccc(CNc2nc(N3[CH]CCC3)ncc2C(=O)NCc2ncccn2)cc1Cl. The number of halogens is 1. The molecule has 3 heterocycles. The molecular formula is C22H23ClN7O2. The van der Waals surface area contributed by atoms with Crippen molar-refractivity contribution in [2.45, 2.75) is 25.9 Å². The Labute approximate surface area is 191 Å². The van der Waals surface area contributed by atoms with E-state index >= 15 is 0 Å². The summed E-state index contributed by atoms with van der Waals surface area (Å²) in [6.45, 7) is 3.54. The molecule has 1 aromatic carbocycles. The van der Waals surface area contributed by atoms with Crippen molar-refractivity contribution >= 4 is 29.3 Å². The fraction of sp³-hybridized carbons (Fsp3) is 0.273. The number of ether oxygens (including phenoxy) is 1. The lowest BCUT2D eigenvalue weighted by atomic mass is 10.2. The van der Waals surface area contributed by atoms with Crippen LogP contribution in [0.15, 0.2) is 42.9 Å². The van der Waals surface area contributed by atoms with Crippen LogP contribution in [-0.4, -0.2) is 39.5 Å². The lowest BCUT2D eigenvalue weighted by Gasteiger charge is -2.18. The van der Waals surface area contributed by atoms with Crippen LogP contribution >= 0.6 is 11.6 Å².